The fraction of sp³-hybridized carbons (Fsp3) is 0.333. The second-order valence-corrected chi connectivity index (χ2v) is 6.64. The van der Waals surface area contributed by atoms with Gasteiger partial charge in [0.05, 0.1) is 38.7 Å². The van der Waals surface area contributed by atoms with Crippen LogP contribution in [0.3, 0.4) is 0 Å². The molecule has 0 aliphatic heterocycles. The maximum atomic E-state index is 12.7. The third-order valence-corrected chi connectivity index (χ3v) is 4.65. The van der Waals surface area contributed by atoms with Crippen molar-refractivity contribution in [2.24, 2.45) is 0 Å². The fourth-order valence-corrected chi connectivity index (χ4v) is 3.22. The third kappa shape index (κ3) is 5.17. The van der Waals surface area contributed by atoms with Crippen LogP contribution in [0.25, 0.3) is 11.5 Å². The maximum Gasteiger partial charge on any atom is 0.226 e. The van der Waals surface area contributed by atoms with Gasteiger partial charge in [-0.15, -0.1) is 0 Å². The van der Waals surface area contributed by atoms with E-state index in [1.165, 1.54) is 7.11 Å². The van der Waals surface area contributed by atoms with Gasteiger partial charge in [0, 0.05) is 18.4 Å². The third-order valence-electron chi connectivity index (χ3n) is 4.65. The van der Waals surface area contributed by atoms with E-state index in [2.05, 4.69) is 4.98 Å². The number of oxazole rings is 1. The standard InChI is InChI=1S/C24H27NO6/c1-5-29-20-13-10-16(14-22(20)30-6-2)24-25-17(15-31-24)11-12-19(26)18-8-7-9-21(27-3)23(18)28-4/h7-10,13-15H,5-6,11-12H2,1-4H3. The van der Waals surface area contributed by atoms with Crippen LogP contribution < -0.4 is 18.9 Å². The molecule has 0 aliphatic rings. The van der Waals surface area contributed by atoms with Gasteiger partial charge in [0.25, 0.3) is 0 Å². The summed E-state index contributed by atoms with van der Waals surface area (Å²) >= 11 is 0. The quantitative estimate of drug-likeness (QED) is 0.401. The Morgan fingerprint density at radius 2 is 1.74 bits per heavy atom. The first-order chi connectivity index (χ1) is 15.1. The maximum absolute atomic E-state index is 12.7. The highest BCUT2D eigenvalue weighted by Gasteiger charge is 2.17. The molecule has 0 saturated carbocycles. The lowest BCUT2D eigenvalue weighted by molar-refractivity contribution is 0.0979. The van der Waals surface area contributed by atoms with Gasteiger partial charge < -0.3 is 23.4 Å². The van der Waals surface area contributed by atoms with Gasteiger partial charge >= 0.3 is 0 Å². The van der Waals surface area contributed by atoms with Gasteiger partial charge in [-0.1, -0.05) is 6.07 Å². The molecule has 2 aromatic carbocycles. The number of ketones is 1. The first-order valence-corrected chi connectivity index (χ1v) is 10.2. The molecule has 0 atom stereocenters. The number of hydrogen-bond donors (Lipinski definition) is 0. The van der Waals surface area contributed by atoms with Crippen molar-refractivity contribution in [3.63, 3.8) is 0 Å². The average Bonchev–Trinajstić information content (AvgIpc) is 3.27. The second kappa shape index (κ2) is 10.5. The van der Waals surface area contributed by atoms with Crippen molar-refractivity contribution in [3.05, 3.63) is 53.9 Å². The predicted molar refractivity (Wildman–Crippen MR) is 116 cm³/mol. The molecular formula is C24H27NO6. The Morgan fingerprint density at radius 3 is 2.45 bits per heavy atom. The molecule has 0 saturated heterocycles. The minimum atomic E-state index is -0.0556. The zero-order valence-corrected chi connectivity index (χ0v) is 18.3. The monoisotopic (exact) mass is 425 g/mol. The summed E-state index contributed by atoms with van der Waals surface area (Å²) < 4.78 is 27.5. The molecular weight excluding hydrogens is 398 g/mol. The molecule has 7 heteroatoms. The van der Waals surface area contributed by atoms with Crippen LogP contribution in [0.2, 0.25) is 0 Å². The minimum Gasteiger partial charge on any atom is -0.493 e. The number of hydrogen-bond acceptors (Lipinski definition) is 7. The summed E-state index contributed by atoms with van der Waals surface area (Å²) in [5.74, 6) is 2.69. The number of nitrogens with zero attached hydrogens (tertiary/aromatic N) is 1. The van der Waals surface area contributed by atoms with Crippen molar-refractivity contribution in [2.75, 3.05) is 27.4 Å². The van der Waals surface area contributed by atoms with Gasteiger partial charge in [0.1, 0.15) is 6.26 Å². The van der Waals surface area contributed by atoms with Crippen molar-refractivity contribution in [1.29, 1.82) is 0 Å². The summed E-state index contributed by atoms with van der Waals surface area (Å²) in [6, 6.07) is 10.8. The molecule has 1 aromatic heterocycles. The van der Waals surface area contributed by atoms with Gasteiger partial charge in [-0.05, 0) is 44.2 Å². The summed E-state index contributed by atoms with van der Waals surface area (Å²) in [4.78, 5) is 17.3. The normalized spacial score (nSPS) is 10.6. The molecule has 164 valence electrons. The lowest BCUT2D eigenvalue weighted by atomic mass is 10.0. The average molecular weight is 425 g/mol. The number of Topliss-reactive ketones (excluding diaryl/α,β-unsaturated/α-hetero) is 1. The lowest BCUT2D eigenvalue weighted by Crippen LogP contribution is -2.05. The molecule has 3 aromatic rings. The topological polar surface area (TPSA) is 80.0 Å². The second-order valence-electron chi connectivity index (χ2n) is 6.64. The summed E-state index contributed by atoms with van der Waals surface area (Å²) in [7, 11) is 3.06. The predicted octanol–water partition coefficient (Wildman–Crippen LogP) is 4.97. The van der Waals surface area contributed by atoms with E-state index in [4.69, 9.17) is 23.4 Å². The summed E-state index contributed by atoms with van der Waals surface area (Å²) in [6.07, 6.45) is 2.28. The first kappa shape index (κ1) is 22.2. The summed E-state index contributed by atoms with van der Waals surface area (Å²) in [5.41, 5.74) is 1.95. The van der Waals surface area contributed by atoms with Crippen LogP contribution in [-0.4, -0.2) is 38.2 Å². The summed E-state index contributed by atoms with van der Waals surface area (Å²) in [6.45, 7) is 4.91. The number of para-hydroxylation sites is 1. The molecule has 7 nitrogen and oxygen atoms in total. The van der Waals surface area contributed by atoms with E-state index in [0.29, 0.717) is 59.8 Å². The van der Waals surface area contributed by atoms with Crippen molar-refractivity contribution in [2.45, 2.75) is 26.7 Å². The molecule has 0 unspecified atom stereocenters. The van der Waals surface area contributed by atoms with E-state index in [0.717, 1.165) is 5.56 Å². The van der Waals surface area contributed by atoms with Gasteiger partial charge in [-0.2, -0.15) is 0 Å². The molecule has 1 heterocycles. The van der Waals surface area contributed by atoms with Crippen molar-refractivity contribution in [1.82, 2.24) is 4.98 Å². The Hall–Kier alpha value is -3.48. The highest BCUT2D eigenvalue weighted by atomic mass is 16.5. The van der Waals surface area contributed by atoms with E-state index in [-0.39, 0.29) is 12.2 Å². The summed E-state index contributed by atoms with van der Waals surface area (Å²) in [5, 5.41) is 0. The van der Waals surface area contributed by atoms with Gasteiger partial charge in [-0.25, -0.2) is 4.98 Å². The van der Waals surface area contributed by atoms with Crippen LogP contribution in [0, 0.1) is 0 Å². The van der Waals surface area contributed by atoms with Crippen molar-refractivity contribution < 1.29 is 28.2 Å². The van der Waals surface area contributed by atoms with E-state index in [1.807, 2.05) is 32.0 Å². The zero-order chi connectivity index (χ0) is 22.2. The van der Waals surface area contributed by atoms with Crippen LogP contribution >= 0.6 is 0 Å². The van der Waals surface area contributed by atoms with E-state index >= 15 is 0 Å². The van der Waals surface area contributed by atoms with Crippen LogP contribution in [0.4, 0.5) is 0 Å². The molecule has 0 N–H and O–H groups in total. The van der Waals surface area contributed by atoms with E-state index < -0.39 is 0 Å². The minimum absolute atomic E-state index is 0.0556. The molecule has 0 spiro atoms. The number of benzene rings is 2. The number of carbonyl (C=O) groups is 1. The van der Waals surface area contributed by atoms with E-state index in [9.17, 15) is 4.79 Å². The number of carbonyl (C=O) groups excluding carboxylic acids is 1. The molecule has 0 fully saturated rings. The molecule has 0 aliphatic carbocycles. The Kier molecular flexibility index (Phi) is 7.54. The van der Waals surface area contributed by atoms with Crippen LogP contribution in [0.1, 0.15) is 36.3 Å². The fourth-order valence-electron chi connectivity index (χ4n) is 3.22. The van der Waals surface area contributed by atoms with Crippen LogP contribution in [0.5, 0.6) is 23.0 Å². The number of aromatic nitrogens is 1. The number of methoxy groups -OCH3 is 2. The Balaban J connectivity index is 1.72. The SMILES string of the molecule is CCOc1ccc(-c2nc(CCC(=O)c3cccc(OC)c3OC)co2)cc1OCC. The van der Waals surface area contributed by atoms with E-state index in [1.54, 1.807) is 31.6 Å². The van der Waals surface area contributed by atoms with Crippen LogP contribution in [-0.2, 0) is 6.42 Å². The van der Waals surface area contributed by atoms with Crippen molar-refractivity contribution >= 4 is 5.78 Å². The van der Waals surface area contributed by atoms with Crippen molar-refractivity contribution in [3.8, 4) is 34.5 Å². The van der Waals surface area contributed by atoms with Gasteiger partial charge in [-0.3, -0.25) is 4.79 Å². The Bertz CT molecular complexity index is 1030. The molecule has 0 bridgehead atoms. The number of aryl methyl sites for hydroxylation is 1. The molecule has 0 amide bonds. The highest BCUT2D eigenvalue weighted by molar-refractivity contribution is 5.99. The first-order valence-electron chi connectivity index (χ1n) is 10.2. The largest absolute Gasteiger partial charge is 0.493 e. The van der Waals surface area contributed by atoms with Crippen LogP contribution in [0.15, 0.2) is 47.1 Å². The lowest BCUT2D eigenvalue weighted by Gasteiger charge is -2.11. The van der Waals surface area contributed by atoms with Gasteiger partial charge in [0.2, 0.25) is 5.89 Å². The Morgan fingerprint density at radius 1 is 0.968 bits per heavy atom. The molecule has 3 rings (SSSR count). The number of ether oxygens (including phenoxy) is 4. The number of rotatable bonds is 11. The Labute approximate surface area is 181 Å². The highest BCUT2D eigenvalue weighted by Crippen LogP contribution is 2.33. The molecule has 0 radical (unpaired) electrons. The zero-order valence-electron chi connectivity index (χ0n) is 18.3. The van der Waals surface area contributed by atoms with Gasteiger partial charge in [0.15, 0.2) is 28.8 Å². The smallest absolute Gasteiger partial charge is 0.226 e. The molecule has 31 heavy (non-hydrogen) atoms.